The number of benzene rings is 1. The van der Waals surface area contributed by atoms with Gasteiger partial charge in [0, 0.05) is 11.8 Å². The summed E-state index contributed by atoms with van der Waals surface area (Å²) in [5, 5.41) is 6.28. The first kappa shape index (κ1) is 21.4. The Morgan fingerprint density at radius 3 is 1.81 bits per heavy atom. The number of hydrogen-bond donors (Lipinski definition) is 2. The van der Waals surface area contributed by atoms with Gasteiger partial charge in [-0.25, -0.2) is 0 Å². The first-order valence-electron chi connectivity index (χ1n) is 6.17. The number of Topliss-reactive ketones (excluding diaryl/α,β-unsaturated/α-hetero) is 1. The van der Waals surface area contributed by atoms with Crippen molar-refractivity contribution in [3.05, 3.63) is 54.7 Å². The van der Waals surface area contributed by atoms with Crippen molar-refractivity contribution >= 4 is 11.6 Å². The molecule has 0 saturated heterocycles. The average Bonchev–Trinajstić information content (AvgIpc) is 2.39. The number of amidine groups is 1. The van der Waals surface area contributed by atoms with Crippen LogP contribution in [0.25, 0.3) is 11.3 Å². The fourth-order valence-electron chi connectivity index (χ4n) is 1.14. The molecular formula is C16H21N3ORu+3. The van der Waals surface area contributed by atoms with Crippen molar-refractivity contribution in [2.75, 3.05) is 0 Å². The van der Waals surface area contributed by atoms with E-state index >= 15 is 0 Å². The van der Waals surface area contributed by atoms with Crippen LogP contribution in [0.5, 0.6) is 0 Å². The molecule has 0 aliphatic rings. The quantitative estimate of drug-likeness (QED) is 0.458. The van der Waals surface area contributed by atoms with E-state index in [4.69, 9.17) is 11.1 Å². The van der Waals surface area contributed by atoms with Gasteiger partial charge in [-0.1, -0.05) is 36.4 Å². The van der Waals surface area contributed by atoms with E-state index in [1.165, 1.54) is 20.8 Å². The van der Waals surface area contributed by atoms with Crippen LogP contribution in [-0.4, -0.2) is 16.6 Å². The van der Waals surface area contributed by atoms with Crippen molar-refractivity contribution in [1.29, 1.82) is 5.41 Å². The van der Waals surface area contributed by atoms with E-state index in [9.17, 15) is 4.79 Å². The van der Waals surface area contributed by atoms with Gasteiger partial charge in [-0.3, -0.25) is 10.4 Å². The normalized spacial score (nSPS) is 7.95. The minimum Gasteiger partial charge on any atom is -0.388 e. The molecule has 0 unspecified atom stereocenters. The second-order valence-corrected chi connectivity index (χ2v) is 4.17. The second-order valence-electron chi connectivity index (χ2n) is 4.17. The molecule has 1 radical (unpaired) electrons. The third-order valence-electron chi connectivity index (χ3n) is 1.73. The predicted molar refractivity (Wildman–Crippen MR) is 83.6 cm³/mol. The first-order chi connectivity index (χ1) is 9.43. The van der Waals surface area contributed by atoms with E-state index in [-0.39, 0.29) is 31.1 Å². The summed E-state index contributed by atoms with van der Waals surface area (Å²) in [6, 6.07) is 16.1. The van der Waals surface area contributed by atoms with Gasteiger partial charge < -0.3 is 10.5 Å². The Bertz CT molecular complexity index is 458. The number of hydrogen-bond acceptors (Lipinski definition) is 3. The Morgan fingerprint density at radius 1 is 1.00 bits per heavy atom. The molecule has 0 spiro atoms. The van der Waals surface area contributed by atoms with E-state index in [0.717, 1.165) is 11.3 Å². The predicted octanol–water partition coefficient (Wildman–Crippen LogP) is 3.28. The van der Waals surface area contributed by atoms with Crippen LogP contribution in [0, 0.1) is 5.41 Å². The third kappa shape index (κ3) is 14.4. The van der Waals surface area contributed by atoms with Crippen LogP contribution < -0.4 is 5.73 Å². The first-order valence-corrected chi connectivity index (χ1v) is 6.17. The van der Waals surface area contributed by atoms with Crippen LogP contribution in [0.3, 0.4) is 0 Å². The van der Waals surface area contributed by atoms with E-state index in [1.54, 1.807) is 0 Å². The van der Waals surface area contributed by atoms with Gasteiger partial charge in [-0.05, 0) is 32.9 Å². The average molecular weight is 372 g/mol. The van der Waals surface area contributed by atoms with Crippen LogP contribution in [0.15, 0.2) is 54.7 Å². The molecule has 0 fully saturated rings. The van der Waals surface area contributed by atoms with Gasteiger partial charge in [0.05, 0.1) is 11.5 Å². The summed E-state index contributed by atoms with van der Waals surface area (Å²) in [6.45, 7) is 4.58. The molecule has 0 saturated carbocycles. The van der Waals surface area contributed by atoms with Gasteiger partial charge in [-0.2, -0.15) is 0 Å². The van der Waals surface area contributed by atoms with E-state index in [2.05, 4.69) is 17.1 Å². The van der Waals surface area contributed by atoms with Gasteiger partial charge in [0.2, 0.25) is 0 Å². The van der Waals surface area contributed by atoms with Crippen LogP contribution >= 0.6 is 0 Å². The third-order valence-corrected chi connectivity index (χ3v) is 1.73. The van der Waals surface area contributed by atoms with Crippen LogP contribution in [0.4, 0.5) is 0 Å². The Morgan fingerprint density at radius 2 is 1.43 bits per heavy atom. The summed E-state index contributed by atoms with van der Waals surface area (Å²) >= 11 is 0. The molecule has 3 N–H and O–H groups in total. The topological polar surface area (TPSA) is 79.8 Å². The van der Waals surface area contributed by atoms with E-state index in [1.807, 2.05) is 42.6 Å². The fraction of sp³-hybridized carbons (Fsp3) is 0.188. The molecule has 2 aromatic rings. The Balaban J connectivity index is 0. The van der Waals surface area contributed by atoms with Gasteiger partial charge in [-0.15, -0.1) is 0 Å². The molecule has 0 bridgehead atoms. The maximum Gasteiger partial charge on any atom is 3.00 e. The largest absolute Gasteiger partial charge is 3.00 e. The standard InChI is InChI=1S/C11H9N.C3H6O.C2H6N2.Ru/c1-2-6-10(7-3-1)11-8-4-5-9-12-11;1-3(2)4;1-2(3)4;/h1-9H;1-2H3;1H3,(H3,3,4);/q;;;+3. The molecule has 0 aliphatic heterocycles. The SMILES string of the molecule is CC(=N)N.CC(C)=O.[Ru+3].c1ccc(-c2ccccn2)cc1. The van der Waals surface area contributed by atoms with Crippen molar-refractivity contribution in [1.82, 2.24) is 4.98 Å². The number of nitrogens with one attached hydrogen (secondary N) is 1. The molecule has 0 amide bonds. The summed E-state index contributed by atoms with van der Waals surface area (Å²) < 4.78 is 0. The van der Waals surface area contributed by atoms with Crippen LogP contribution in [0.1, 0.15) is 20.8 Å². The number of nitrogens with two attached hydrogens (primary N) is 1. The number of aromatic nitrogens is 1. The minimum atomic E-state index is 0. The van der Waals surface area contributed by atoms with Gasteiger partial charge >= 0.3 is 19.5 Å². The van der Waals surface area contributed by atoms with Crippen molar-refractivity contribution in [2.45, 2.75) is 20.8 Å². The smallest absolute Gasteiger partial charge is 0.388 e. The Hall–Kier alpha value is -1.87. The molecule has 21 heavy (non-hydrogen) atoms. The zero-order chi connectivity index (χ0) is 15.4. The molecule has 0 atom stereocenters. The van der Waals surface area contributed by atoms with Crippen molar-refractivity contribution < 1.29 is 24.3 Å². The molecular weight excluding hydrogens is 351 g/mol. The molecule has 2 rings (SSSR count). The molecule has 1 heterocycles. The maximum atomic E-state index is 9.44. The molecule has 1 aromatic carbocycles. The molecule has 4 nitrogen and oxygen atoms in total. The molecule has 111 valence electrons. The number of rotatable bonds is 1. The number of nitrogens with zero attached hydrogens (tertiary/aromatic N) is 1. The number of carbonyl (C=O) groups excluding carboxylic acids is 1. The van der Waals surface area contributed by atoms with Gasteiger partial charge in [0.25, 0.3) is 0 Å². The number of carbonyl (C=O) groups is 1. The minimum absolute atomic E-state index is 0. The van der Waals surface area contributed by atoms with Crippen molar-refractivity contribution in [3.8, 4) is 11.3 Å². The Kier molecular flexibility index (Phi) is 13.4. The van der Waals surface area contributed by atoms with Crippen molar-refractivity contribution in [3.63, 3.8) is 0 Å². The molecule has 0 aliphatic carbocycles. The summed E-state index contributed by atoms with van der Waals surface area (Å²) in [4.78, 5) is 13.7. The maximum absolute atomic E-state index is 9.44. The monoisotopic (exact) mass is 373 g/mol. The Labute approximate surface area is 139 Å². The zero-order valence-corrected chi connectivity index (χ0v) is 14.2. The van der Waals surface area contributed by atoms with E-state index in [0.29, 0.717) is 0 Å². The summed E-state index contributed by atoms with van der Waals surface area (Å²) in [7, 11) is 0. The van der Waals surface area contributed by atoms with Crippen LogP contribution in [0.2, 0.25) is 0 Å². The summed E-state index contributed by atoms with van der Waals surface area (Å²) in [5.41, 5.74) is 6.89. The summed E-state index contributed by atoms with van der Waals surface area (Å²) in [5.74, 6) is 0.333. The van der Waals surface area contributed by atoms with E-state index < -0.39 is 0 Å². The molecule has 1 aromatic heterocycles. The van der Waals surface area contributed by atoms with Gasteiger partial charge in [0.15, 0.2) is 0 Å². The number of pyridine rings is 1. The van der Waals surface area contributed by atoms with Crippen LogP contribution in [-0.2, 0) is 24.3 Å². The zero-order valence-electron chi connectivity index (χ0n) is 12.5. The molecule has 5 heteroatoms. The van der Waals surface area contributed by atoms with Crippen molar-refractivity contribution in [2.24, 2.45) is 5.73 Å². The van der Waals surface area contributed by atoms with Gasteiger partial charge in [0.1, 0.15) is 5.78 Å². The second kappa shape index (κ2) is 13.1. The fourth-order valence-corrected chi connectivity index (χ4v) is 1.14. The number of ketones is 1. The summed E-state index contributed by atoms with van der Waals surface area (Å²) in [6.07, 6.45) is 1.81.